The zero-order chi connectivity index (χ0) is 25.0. The minimum atomic E-state index is -0.156. The molecule has 4 fully saturated rings. The Morgan fingerprint density at radius 1 is 0.784 bits per heavy atom. The van der Waals surface area contributed by atoms with Crippen molar-refractivity contribution in [2.24, 2.45) is 17.8 Å². The van der Waals surface area contributed by atoms with Crippen molar-refractivity contribution < 1.29 is 9.59 Å². The van der Waals surface area contributed by atoms with Gasteiger partial charge in [0.15, 0.2) is 0 Å². The van der Waals surface area contributed by atoms with Crippen LogP contribution in [0.1, 0.15) is 59.2 Å². The topological polar surface area (TPSA) is 86.9 Å². The molecular weight excluding hydrogens is 460 g/mol. The first kappa shape index (κ1) is 22.3. The molecule has 8 rings (SSSR count). The van der Waals surface area contributed by atoms with E-state index in [-0.39, 0.29) is 17.4 Å². The summed E-state index contributed by atoms with van der Waals surface area (Å²) in [5.74, 6) is 2.94. The van der Waals surface area contributed by atoms with Crippen LogP contribution < -0.4 is 10.6 Å². The second-order valence-corrected chi connectivity index (χ2v) is 11.4. The summed E-state index contributed by atoms with van der Waals surface area (Å²) >= 11 is 0. The summed E-state index contributed by atoms with van der Waals surface area (Å²) in [6.07, 6.45) is 7.48. The van der Waals surface area contributed by atoms with Crippen molar-refractivity contribution >= 4 is 28.5 Å². The Kier molecular flexibility index (Phi) is 5.17. The van der Waals surface area contributed by atoms with E-state index in [0.717, 1.165) is 59.3 Å². The van der Waals surface area contributed by atoms with E-state index >= 15 is 0 Å². The summed E-state index contributed by atoms with van der Waals surface area (Å²) in [4.78, 5) is 34.0. The molecule has 4 saturated carbocycles. The summed E-state index contributed by atoms with van der Waals surface area (Å²) in [5, 5.41) is 6.37. The monoisotopic (exact) mass is 490 g/mol. The number of anilines is 1. The maximum Gasteiger partial charge on any atom is 0.255 e. The maximum absolute atomic E-state index is 13.3. The van der Waals surface area contributed by atoms with Crippen molar-refractivity contribution in [2.45, 2.75) is 44.1 Å². The lowest BCUT2D eigenvalue weighted by atomic mass is 9.53. The normalized spacial score (nSPS) is 25.8. The molecule has 37 heavy (non-hydrogen) atoms. The molecule has 3 aromatic carbocycles. The van der Waals surface area contributed by atoms with Gasteiger partial charge in [-0.25, -0.2) is 4.98 Å². The van der Waals surface area contributed by atoms with Gasteiger partial charge >= 0.3 is 0 Å². The van der Waals surface area contributed by atoms with Crippen LogP contribution in [0.3, 0.4) is 0 Å². The van der Waals surface area contributed by atoms with Crippen molar-refractivity contribution in [3.63, 3.8) is 0 Å². The van der Waals surface area contributed by atoms with Crippen molar-refractivity contribution in [3.8, 4) is 11.4 Å². The number of nitrogens with zero attached hydrogens (tertiary/aromatic N) is 1. The molecule has 3 N–H and O–H groups in total. The van der Waals surface area contributed by atoms with Crippen LogP contribution in [0.15, 0.2) is 72.8 Å². The van der Waals surface area contributed by atoms with E-state index in [1.165, 1.54) is 19.3 Å². The second-order valence-electron chi connectivity index (χ2n) is 11.4. The average Bonchev–Trinajstić information content (AvgIpc) is 3.32. The lowest BCUT2D eigenvalue weighted by molar-refractivity contribution is -0.0167. The van der Waals surface area contributed by atoms with Crippen LogP contribution in [0.5, 0.6) is 0 Å². The Morgan fingerprint density at radius 3 is 2.11 bits per heavy atom. The molecule has 2 amide bonds. The quantitative estimate of drug-likeness (QED) is 0.312. The third-order valence-electron chi connectivity index (χ3n) is 8.61. The van der Waals surface area contributed by atoms with E-state index in [0.29, 0.717) is 17.0 Å². The van der Waals surface area contributed by atoms with Crippen LogP contribution in [-0.2, 0) is 0 Å². The number of aromatic nitrogens is 2. The third kappa shape index (κ3) is 4.20. The van der Waals surface area contributed by atoms with Crippen molar-refractivity contribution in [3.05, 3.63) is 83.9 Å². The van der Waals surface area contributed by atoms with Gasteiger partial charge in [-0.1, -0.05) is 30.3 Å². The number of aromatic amines is 1. The molecule has 6 heteroatoms. The Labute approximate surface area is 215 Å². The molecule has 4 aliphatic rings. The van der Waals surface area contributed by atoms with Crippen molar-refractivity contribution in [2.75, 3.05) is 5.32 Å². The zero-order valence-corrected chi connectivity index (χ0v) is 20.7. The molecule has 0 saturated heterocycles. The molecular formula is C31H30N4O2. The molecule has 1 aromatic heterocycles. The lowest BCUT2D eigenvalue weighted by Crippen LogP contribution is -2.59. The maximum atomic E-state index is 13.3. The molecule has 186 valence electrons. The van der Waals surface area contributed by atoms with E-state index in [2.05, 4.69) is 15.6 Å². The zero-order valence-electron chi connectivity index (χ0n) is 20.7. The van der Waals surface area contributed by atoms with Gasteiger partial charge in [0.05, 0.1) is 11.0 Å². The summed E-state index contributed by atoms with van der Waals surface area (Å²) in [6, 6.07) is 22.5. The van der Waals surface area contributed by atoms with Crippen LogP contribution in [0, 0.1) is 17.8 Å². The van der Waals surface area contributed by atoms with Crippen LogP contribution in [0.25, 0.3) is 22.4 Å². The number of imidazole rings is 1. The van der Waals surface area contributed by atoms with Crippen molar-refractivity contribution in [1.29, 1.82) is 0 Å². The van der Waals surface area contributed by atoms with E-state index in [1.54, 1.807) is 12.1 Å². The summed E-state index contributed by atoms with van der Waals surface area (Å²) in [5.41, 5.74) is 4.52. The highest BCUT2D eigenvalue weighted by atomic mass is 16.2. The number of hydrogen-bond donors (Lipinski definition) is 3. The Bertz CT molecular complexity index is 1450. The third-order valence-corrected chi connectivity index (χ3v) is 8.61. The molecule has 4 bridgehead atoms. The van der Waals surface area contributed by atoms with Crippen LogP contribution >= 0.6 is 0 Å². The van der Waals surface area contributed by atoms with E-state index < -0.39 is 0 Å². The summed E-state index contributed by atoms with van der Waals surface area (Å²) in [7, 11) is 0. The number of amides is 2. The van der Waals surface area contributed by atoms with Gasteiger partial charge in [0.25, 0.3) is 11.8 Å². The number of rotatable bonds is 5. The van der Waals surface area contributed by atoms with Gasteiger partial charge in [-0.05, 0) is 98.7 Å². The molecule has 0 spiro atoms. The van der Waals surface area contributed by atoms with E-state index in [4.69, 9.17) is 4.98 Å². The fraction of sp³-hybridized carbons (Fsp3) is 0.323. The molecule has 1 heterocycles. The number of para-hydroxylation sites is 1. The number of nitrogens with one attached hydrogen (secondary N) is 3. The van der Waals surface area contributed by atoms with Gasteiger partial charge in [0.1, 0.15) is 5.82 Å². The van der Waals surface area contributed by atoms with E-state index in [1.807, 2.05) is 60.7 Å². The molecule has 0 radical (unpaired) electrons. The first-order valence-electron chi connectivity index (χ1n) is 13.3. The lowest BCUT2D eigenvalue weighted by Gasteiger charge is -2.56. The number of H-pyrrole nitrogens is 1. The SMILES string of the molecule is O=C(Nc1ccccc1)c1ccc(-c2nc3cc(C(=O)NC45CC6CC(CC(C6)C4)C5)ccc3[nH]2)cc1. The molecule has 6 nitrogen and oxygen atoms in total. The Balaban J connectivity index is 1.07. The van der Waals surface area contributed by atoms with Crippen LogP contribution in [-0.4, -0.2) is 27.3 Å². The molecule has 0 unspecified atom stereocenters. The van der Waals surface area contributed by atoms with Gasteiger partial charge in [-0.3, -0.25) is 9.59 Å². The highest BCUT2D eigenvalue weighted by Gasteiger charge is 2.51. The van der Waals surface area contributed by atoms with Crippen molar-refractivity contribution in [1.82, 2.24) is 15.3 Å². The first-order chi connectivity index (χ1) is 18.0. The number of carbonyl (C=O) groups excluding carboxylic acids is 2. The van der Waals surface area contributed by atoms with Gasteiger partial charge in [-0.15, -0.1) is 0 Å². The fourth-order valence-electron chi connectivity index (χ4n) is 7.36. The molecule has 0 aliphatic heterocycles. The van der Waals surface area contributed by atoms with Gasteiger partial charge in [0, 0.05) is 27.9 Å². The summed E-state index contributed by atoms with van der Waals surface area (Å²) < 4.78 is 0. The smallest absolute Gasteiger partial charge is 0.255 e. The molecule has 4 aliphatic carbocycles. The predicted octanol–water partition coefficient (Wildman–Crippen LogP) is 6.18. The first-order valence-corrected chi connectivity index (χ1v) is 13.3. The van der Waals surface area contributed by atoms with Crippen LogP contribution in [0.2, 0.25) is 0 Å². The standard InChI is InChI=1S/C31H30N4O2/c36-29(32-25-4-2-1-3-5-25)23-8-6-22(7-9-23)28-33-26-11-10-24(15-27(26)34-28)30(37)35-31-16-19-12-20(17-31)14-21(13-19)18-31/h1-11,15,19-21H,12-14,16-18H2,(H,32,36)(H,33,34)(H,35,37). The van der Waals surface area contributed by atoms with Crippen LogP contribution in [0.4, 0.5) is 5.69 Å². The second kappa shape index (κ2) is 8.58. The highest BCUT2D eigenvalue weighted by Crippen LogP contribution is 2.55. The minimum absolute atomic E-state index is 0.00786. The number of carbonyl (C=O) groups is 2. The summed E-state index contributed by atoms with van der Waals surface area (Å²) in [6.45, 7) is 0. The van der Waals surface area contributed by atoms with Gasteiger partial charge in [0.2, 0.25) is 0 Å². The number of hydrogen-bond acceptors (Lipinski definition) is 3. The highest BCUT2D eigenvalue weighted by molar-refractivity contribution is 6.04. The number of fused-ring (bicyclic) bond motifs is 1. The molecule has 0 atom stereocenters. The van der Waals surface area contributed by atoms with Gasteiger partial charge < -0.3 is 15.6 Å². The van der Waals surface area contributed by atoms with E-state index in [9.17, 15) is 9.59 Å². The fourth-order valence-corrected chi connectivity index (χ4v) is 7.36. The minimum Gasteiger partial charge on any atom is -0.347 e. The largest absolute Gasteiger partial charge is 0.347 e. The van der Waals surface area contributed by atoms with Gasteiger partial charge in [-0.2, -0.15) is 0 Å². The Hall–Kier alpha value is -3.93. The molecule has 4 aromatic rings. The Morgan fingerprint density at radius 2 is 1.43 bits per heavy atom. The average molecular weight is 491 g/mol. The predicted molar refractivity (Wildman–Crippen MR) is 144 cm³/mol. The number of benzene rings is 3.